The zero-order valence-corrected chi connectivity index (χ0v) is 19.4. The molecule has 0 aliphatic carbocycles. The first-order valence-electron chi connectivity index (χ1n) is 10.6. The number of hydrogen-bond acceptors (Lipinski definition) is 6. The second-order valence-electron chi connectivity index (χ2n) is 7.58. The molecule has 0 spiro atoms. The van der Waals surface area contributed by atoms with E-state index in [2.05, 4.69) is 0 Å². The Morgan fingerprint density at radius 3 is 1.57 bits per heavy atom. The highest BCUT2D eigenvalue weighted by molar-refractivity contribution is 7.85. The molecule has 8 heteroatoms. The van der Waals surface area contributed by atoms with Crippen LogP contribution in [0.25, 0.3) is 0 Å². The fraction of sp³-hybridized carbons (Fsp3) is 0.0741. The largest absolute Gasteiger partial charge is 0.489 e. The number of ether oxygens (including phenoxy) is 3. The van der Waals surface area contributed by atoms with Gasteiger partial charge in [0.2, 0.25) is 0 Å². The molecule has 0 bridgehead atoms. The summed E-state index contributed by atoms with van der Waals surface area (Å²) in [7, 11) is -4.36. The van der Waals surface area contributed by atoms with Crippen LogP contribution in [0.3, 0.4) is 0 Å². The van der Waals surface area contributed by atoms with Gasteiger partial charge in [-0.2, -0.15) is 8.42 Å². The minimum Gasteiger partial charge on any atom is -0.489 e. The number of benzene rings is 4. The van der Waals surface area contributed by atoms with E-state index in [1.54, 1.807) is 18.2 Å². The van der Waals surface area contributed by atoms with E-state index in [1.807, 2.05) is 60.7 Å². The first-order valence-corrected chi connectivity index (χ1v) is 12.1. The van der Waals surface area contributed by atoms with Crippen molar-refractivity contribution in [2.75, 3.05) is 0 Å². The average molecular weight is 491 g/mol. The van der Waals surface area contributed by atoms with E-state index in [0.717, 1.165) is 23.3 Å². The molecule has 0 aliphatic rings. The molecule has 0 fully saturated rings. The molecule has 0 saturated heterocycles. The van der Waals surface area contributed by atoms with Crippen LogP contribution in [0.2, 0.25) is 0 Å². The third kappa shape index (κ3) is 6.92. The van der Waals surface area contributed by atoms with Crippen molar-refractivity contribution in [1.82, 2.24) is 0 Å². The van der Waals surface area contributed by atoms with E-state index in [1.165, 1.54) is 12.1 Å². The fourth-order valence-corrected chi connectivity index (χ4v) is 3.66. The zero-order chi connectivity index (χ0) is 24.7. The van der Waals surface area contributed by atoms with Crippen LogP contribution in [-0.4, -0.2) is 18.9 Å². The molecule has 4 rings (SSSR count). The van der Waals surface area contributed by atoms with E-state index in [0.29, 0.717) is 24.7 Å². The number of hydrogen-bond donors (Lipinski definition) is 1. The summed E-state index contributed by atoms with van der Waals surface area (Å²) in [4.78, 5) is 12.3. The van der Waals surface area contributed by atoms with Gasteiger partial charge in [0.1, 0.15) is 30.5 Å². The van der Waals surface area contributed by atoms with E-state index >= 15 is 0 Å². The quantitative estimate of drug-likeness (QED) is 0.193. The second kappa shape index (κ2) is 10.9. The molecule has 0 aliphatic heterocycles. The summed E-state index contributed by atoms with van der Waals surface area (Å²) < 4.78 is 48.8. The molecule has 0 unspecified atom stereocenters. The second-order valence-corrected chi connectivity index (χ2v) is 9.00. The van der Waals surface area contributed by atoms with Crippen molar-refractivity contribution in [3.8, 4) is 17.2 Å². The van der Waals surface area contributed by atoms with Gasteiger partial charge in [0.05, 0.1) is 10.5 Å². The molecule has 0 aromatic heterocycles. The summed E-state index contributed by atoms with van der Waals surface area (Å²) in [5.41, 5.74) is 2.06. The normalized spacial score (nSPS) is 11.0. The third-order valence-electron chi connectivity index (χ3n) is 4.95. The SMILES string of the molecule is O=C(Oc1cc(OCc2ccccc2)cc(OCc2ccccc2)c1)c1ccc(S(=O)(=O)O)cc1. The highest BCUT2D eigenvalue weighted by atomic mass is 32.2. The van der Waals surface area contributed by atoms with E-state index in [4.69, 9.17) is 18.8 Å². The van der Waals surface area contributed by atoms with Gasteiger partial charge in [0.25, 0.3) is 10.1 Å². The fourth-order valence-electron chi connectivity index (χ4n) is 3.18. The van der Waals surface area contributed by atoms with Gasteiger partial charge in [-0.1, -0.05) is 60.7 Å². The first-order chi connectivity index (χ1) is 16.9. The Morgan fingerprint density at radius 1 is 0.657 bits per heavy atom. The van der Waals surface area contributed by atoms with Gasteiger partial charge in [-0.3, -0.25) is 4.55 Å². The predicted molar refractivity (Wildman–Crippen MR) is 129 cm³/mol. The molecular weight excluding hydrogens is 468 g/mol. The Balaban J connectivity index is 1.53. The lowest BCUT2D eigenvalue weighted by Gasteiger charge is -2.13. The molecule has 178 valence electrons. The van der Waals surface area contributed by atoms with Crippen LogP contribution in [0.4, 0.5) is 0 Å². The molecule has 0 amide bonds. The van der Waals surface area contributed by atoms with Gasteiger partial charge >= 0.3 is 5.97 Å². The van der Waals surface area contributed by atoms with Gasteiger partial charge in [-0.05, 0) is 35.4 Å². The van der Waals surface area contributed by atoms with Crippen LogP contribution in [0, 0.1) is 0 Å². The van der Waals surface area contributed by atoms with Gasteiger partial charge < -0.3 is 14.2 Å². The molecule has 0 saturated carbocycles. The standard InChI is InChI=1S/C27H22O7S/c28-27(22-11-13-26(14-12-22)35(29,30)31)34-25-16-23(32-18-20-7-3-1-4-8-20)15-24(17-25)33-19-21-9-5-2-6-10-21/h1-17H,18-19H2,(H,29,30,31). The van der Waals surface area contributed by atoms with Crippen LogP contribution in [0.1, 0.15) is 21.5 Å². The molecule has 35 heavy (non-hydrogen) atoms. The van der Waals surface area contributed by atoms with Gasteiger partial charge in [0, 0.05) is 18.2 Å². The number of rotatable bonds is 9. The van der Waals surface area contributed by atoms with Gasteiger partial charge in [-0.25, -0.2) is 4.79 Å². The highest BCUT2D eigenvalue weighted by Crippen LogP contribution is 2.30. The minimum absolute atomic E-state index is 0.111. The lowest BCUT2D eigenvalue weighted by atomic mass is 10.2. The number of carbonyl (C=O) groups is 1. The monoisotopic (exact) mass is 490 g/mol. The topological polar surface area (TPSA) is 99.1 Å². The molecule has 7 nitrogen and oxygen atoms in total. The van der Waals surface area contributed by atoms with Crippen molar-refractivity contribution in [2.45, 2.75) is 18.1 Å². The lowest BCUT2D eigenvalue weighted by Crippen LogP contribution is -2.09. The van der Waals surface area contributed by atoms with Crippen LogP contribution in [-0.2, 0) is 23.3 Å². The molecule has 0 radical (unpaired) electrons. The van der Waals surface area contributed by atoms with E-state index in [9.17, 15) is 13.2 Å². The average Bonchev–Trinajstić information content (AvgIpc) is 2.87. The minimum atomic E-state index is -4.36. The van der Waals surface area contributed by atoms with Crippen molar-refractivity contribution < 1.29 is 32.0 Å². The Bertz CT molecular complexity index is 1320. The van der Waals surface area contributed by atoms with Gasteiger partial charge in [-0.15, -0.1) is 0 Å². The molecule has 0 atom stereocenters. The Labute approximate surface area is 203 Å². The van der Waals surface area contributed by atoms with Crippen LogP contribution in [0.15, 0.2) is 108 Å². The summed E-state index contributed by atoms with van der Waals surface area (Å²) in [5, 5.41) is 0. The van der Waals surface area contributed by atoms with Crippen LogP contribution >= 0.6 is 0 Å². The Morgan fingerprint density at radius 2 is 1.11 bits per heavy atom. The van der Waals surface area contributed by atoms with Crippen molar-refractivity contribution in [3.63, 3.8) is 0 Å². The molecule has 1 N–H and O–H groups in total. The summed E-state index contributed by atoms with van der Waals surface area (Å²) in [5.74, 6) is 0.386. The number of carbonyl (C=O) groups excluding carboxylic acids is 1. The van der Waals surface area contributed by atoms with Crippen molar-refractivity contribution >= 4 is 16.1 Å². The third-order valence-corrected chi connectivity index (χ3v) is 5.82. The van der Waals surface area contributed by atoms with E-state index in [-0.39, 0.29) is 16.2 Å². The summed E-state index contributed by atoms with van der Waals surface area (Å²) >= 11 is 0. The maximum Gasteiger partial charge on any atom is 0.343 e. The van der Waals surface area contributed by atoms with Crippen molar-refractivity contribution in [2.24, 2.45) is 0 Å². The summed E-state index contributed by atoms with van der Waals surface area (Å²) in [6, 6.07) is 28.9. The summed E-state index contributed by atoms with van der Waals surface area (Å²) in [6.07, 6.45) is 0. The van der Waals surface area contributed by atoms with Crippen molar-refractivity contribution in [1.29, 1.82) is 0 Å². The maximum absolute atomic E-state index is 12.6. The maximum atomic E-state index is 12.6. The Kier molecular flexibility index (Phi) is 7.45. The lowest BCUT2D eigenvalue weighted by molar-refractivity contribution is 0.0733. The molecule has 4 aromatic rings. The molecule has 4 aromatic carbocycles. The van der Waals surface area contributed by atoms with Crippen LogP contribution < -0.4 is 14.2 Å². The van der Waals surface area contributed by atoms with Crippen molar-refractivity contribution in [3.05, 3.63) is 120 Å². The van der Waals surface area contributed by atoms with Crippen LogP contribution in [0.5, 0.6) is 17.2 Å². The highest BCUT2D eigenvalue weighted by Gasteiger charge is 2.14. The summed E-state index contributed by atoms with van der Waals surface area (Å²) in [6.45, 7) is 0.626. The smallest absolute Gasteiger partial charge is 0.343 e. The molecular formula is C27H22O7S. The van der Waals surface area contributed by atoms with Gasteiger partial charge in [0.15, 0.2) is 0 Å². The number of esters is 1. The predicted octanol–water partition coefficient (Wildman–Crippen LogP) is 5.31. The van der Waals surface area contributed by atoms with E-state index < -0.39 is 16.1 Å². The Hall–Kier alpha value is -4.14. The molecule has 0 heterocycles. The zero-order valence-electron chi connectivity index (χ0n) is 18.5. The first kappa shape index (κ1) is 24.0.